The Balaban J connectivity index is 1.86. The Morgan fingerprint density at radius 1 is 1.45 bits per heavy atom. The minimum absolute atomic E-state index is 0.0337. The van der Waals surface area contributed by atoms with Crippen LogP contribution < -0.4 is 4.74 Å². The van der Waals surface area contributed by atoms with Crippen molar-refractivity contribution >= 4 is 11.9 Å². The molecular formula is C14H14FNO4. The fourth-order valence-corrected chi connectivity index (χ4v) is 2.90. The van der Waals surface area contributed by atoms with Crippen LogP contribution in [0.3, 0.4) is 0 Å². The van der Waals surface area contributed by atoms with E-state index in [0.29, 0.717) is 17.7 Å². The Labute approximate surface area is 114 Å². The number of benzene rings is 1. The van der Waals surface area contributed by atoms with E-state index in [9.17, 15) is 14.0 Å². The van der Waals surface area contributed by atoms with E-state index >= 15 is 0 Å². The number of nitrogens with zero attached hydrogens (tertiary/aromatic N) is 1. The second kappa shape index (κ2) is 4.47. The van der Waals surface area contributed by atoms with Crippen LogP contribution in [0.15, 0.2) is 24.3 Å². The molecule has 2 heterocycles. The molecule has 0 saturated carbocycles. The SMILES string of the molecule is O=C1CC2(CCN(C(=O)O)C(F)C2)Oc2ccccc21. The number of carboxylic acid groups (broad SMARTS) is 1. The van der Waals surface area contributed by atoms with Crippen LogP contribution in [-0.4, -0.2) is 40.3 Å². The maximum Gasteiger partial charge on any atom is 0.409 e. The highest BCUT2D eigenvalue weighted by Crippen LogP contribution is 2.41. The van der Waals surface area contributed by atoms with Gasteiger partial charge in [0.05, 0.1) is 12.0 Å². The molecule has 5 nitrogen and oxygen atoms in total. The van der Waals surface area contributed by atoms with Gasteiger partial charge in [-0.3, -0.25) is 9.69 Å². The normalized spacial score (nSPS) is 28.9. The number of carbonyl (C=O) groups excluding carboxylic acids is 1. The molecule has 1 aromatic carbocycles. The number of Topliss-reactive ketones (excluding diaryl/α,β-unsaturated/α-hetero) is 1. The molecule has 1 fully saturated rings. The summed E-state index contributed by atoms with van der Waals surface area (Å²) in [5.74, 6) is 0.377. The number of hydrogen-bond acceptors (Lipinski definition) is 3. The van der Waals surface area contributed by atoms with E-state index in [4.69, 9.17) is 9.84 Å². The molecule has 0 radical (unpaired) electrons. The highest BCUT2D eigenvalue weighted by molar-refractivity contribution is 6.00. The number of piperidine rings is 1. The average molecular weight is 279 g/mol. The lowest BCUT2D eigenvalue weighted by Crippen LogP contribution is -2.55. The van der Waals surface area contributed by atoms with E-state index in [-0.39, 0.29) is 25.2 Å². The Bertz CT molecular complexity index is 576. The van der Waals surface area contributed by atoms with Crippen molar-refractivity contribution in [2.75, 3.05) is 6.54 Å². The highest BCUT2D eigenvalue weighted by Gasteiger charge is 2.47. The van der Waals surface area contributed by atoms with Crippen LogP contribution in [-0.2, 0) is 0 Å². The lowest BCUT2D eigenvalue weighted by atomic mass is 9.82. The number of para-hydroxylation sites is 1. The topological polar surface area (TPSA) is 66.8 Å². The van der Waals surface area contributed by atoms with Gasteiger partial charge in [-0.05, 0) is 12.1 Å². The van der Waals surface area contributed by atoms with E-state index < -0.39 is 18.0 Å². The van der Waals surface area contributed by atoms with Crippen molar-refractivity contribution in [3.05, 3.63) is 29.8 Å². The van der Waals surface area contributed by atoms with E-state index in [1.54, 1.807) is 24.3 Å². The third-order valence-electron chi connectivity index (χ3n) is 3.93. The van der Waals surface area contributed by atoms with Gasteiger partial charge in [-0.25, -0.2) is 9.18 Å². The molecule has 0 aromatic heterocycles. The van der Waals surface area contributed by atoms with Crippen LogP contribution in [0.25, 0.3) is 0 Å². The van der Waals surface area contributed by atoms with Crippen LogP contribution in [0.2, 0.25) is 0 Å². The zero-order valence-electron chi connectivity index (χ0n) is 10.7. The van der Waals surface area contributed by atoms with Gasteiger partial charge < -0.3 is 9.84 Å². The molecule has 1 saturated heterocycles. The Kier molecular flexibility index (Phi) is 2.88. The first-order chi connectivity index (χ1) is 9.51. The Morgan fingerprint density at radius 3 is 2.90 bits per heavy atom. The van der Waals surface area contributed by atoms with Gasteiger partial charge in [0, 0.05) is 19.4 Å². The summed E-state index contributed by atoms with van der Waals surface area (Å²) >= 11 is 0. The number of amides is 1. The summed E-state index contributed by atoms with van der Waals surface area (Å²) in [5, 5.41) is 8.88. The van der Waals surface area contributed by atoms with Crippen LogP contribution in [0.1, 0.15) is 29.6 Å². The number of fused-ring (bicyclic) bond motifs is 1. The second-order valence-electron chi connectivity index (χ2n) is 5.25. The van der Waals surface area contributed by atoms with Crippen molar-refractivity contribution in [2.24, 2.45) is 0 Å². The minimum Gasteiger partial charge on any atom is -0.486 e. The van der Waals surface area contributed by atoms with E-state index in [1.165, 1.54) is 0 Å². The molecule has 2 unspecified atom stereocenters. The van der Waals surface area contributed by atoms with Gasteiger partial charge in [0.25, 0.3) is 0 Å². The zero-order chi connectivity index (χ0) is 14.3. The molecule has 0 aliphatic carbocycles. The summed E-state index contributed by atoms with van der Waals surface area (Å²) < 4.78 is 19.8. The molecule has 3 rings (SSSR count). The summed E-state index contributed by atoms with van der Waals surface area (Å²) in [6.07, 6.45) is -2.62. The quantitative estimate of drug-likeness (QED) is 0.741. The largest absolute Gasteiger partial charge is 0.486 e. The molecule has 2 aliphatic rings. The van der Waals surface area contributed by atoms with Crippen molar-refractivity contribution in [1.82, 2.24) is 4.90 Å². The summed E-state index contributed by atoms with van der Waals surface area (Å²) in [7, 11) is 0. The summed E-state index contributed by atoms with van der Waals surface area (Å²) in [6, 6.07) is 6.88. The summed E-state index contributed by atoms with van der Waals surface area (Å²) in [5.41, 5.74) is -0.411. The molecular weight excluding hydrogens is 265 g/mol. The maximum atomic E-state index is 14.0. The van der Waals surface area contributed by atoms with Gasteiger partial charge in [0.15, 0.2) is 12.1 Å². The van der Waals surface area contributed by atoms with Gasteiger partial charge in [-0.15, -0.1) is 0 Å². The Hall–Kier alpha value is -2.11. The number of halogens is 1. The van der Waals surface area contributed by atoms with Crippen molar-refractivity contribution in [3.8, 4) is 5.75 Å². The summed E-state index contributed by atoms with van der Waals surface area (Å²) in [6.45, 7) is 0.0337. The predicted molar refractivity (Wildman–Crippen MR) is 67.6 cm³/mol. The third-order valence-corrected chi connectivity index (χ3v) is 3.93. The number of ether oxygens (including phenoxy) is 1. The van der Waals surface area contributed by atoms with Crippen molar-refractivity contribution in [2.45, 2.75) is 31.2 Å². The molecule has 2 aliphatic heterocycles. The first kappa shape index (κ1) is 12.9. The zero-order valence-corrected chi connectivity index (χ0v) is 10.7. The molecule has 1 spiro atoms. The van der Waals surface area contributed by atoms with E-state index in [1.807, 2.05) is 0 Å². The molecule has 1 amide bonds. The number of rotatable bonds is 0. The first-order valence-corrected chi connectivity index (χ1v) is 6.46. The van der Waals surface area contributed by atoms with Crippen molar-refractivity contribution < 1.29 is 23.8 Å². The molecule has 6 heteroatoms. The standard InChI is InChI=1S/C14H14FNO4/c15-12-8-14(5-6-16(12)13(18)19)7-10(17)9-3-1-2-4-11(9)20-14/h1-4,12H,5-8H2,(H,18,19). The van der Waals surface area contributed by atoms with Gasteiger partial charge in [0.1, 0.15) is 11.4 Å². The minimum atomic E-state index is -1.64. The summed E-state index contributed by atoms with van der Waals surface area (Å²) in [4.78, 5) is 23.8. The number of ketones is 1. The van der Waals surface area contributed by atoms with Gasteiger partial charge in [-0.1, -0.05) is 12.1 Å². The van der Waals surface area contributed by atoms with Crippen LogP contribution in [0, 0.1) is 0 Å². The predicted octanol–water partition coefficient (Wildman–Crippen LogP) is 2.46. The van der Waals surface area contributed by atoms with E-state index in [2.05, 4.69) is 0 Å². The fourth-order valence-electron chi connectivity index (χ4n) is 2.90. The number of likely N-dealkylation sites (tertiary alicyclic amines) is 1. The smallest absolute Gasteiger partial charge is 0.409 e. The number of hydrogen-bond donors (Lipinski definition) is 1. The van der Waals surface area contributed by atoms with Gasteiger partial charge in [-0.2, -0.15) is 0 Å². The molecule has 106 valence electrons. The van der Waals surface area contributed by atoms with Crippen molar-refractivity contribution in [1.29, 1.82) is 0 Å². The Morgan fingerprint density at radius 2 is 2.20 bits per heavy atom. The third kappa shape index (κ3) is 2.01. The lowest BCUT2D eigenvalue weighted by Gasteiger charge is -2.44. The van der Waals surface area contributed by atoms with Crippen LogP contribution in [0.5, 0.6) is 5.75 Å². The fraction of sp³-hybridized carbons (Fsp3) is 0.429. The maximum absolute atomic E-state index is 14.0. The van der Waals surface area contributed by atoms with E-state index in [0.717, 1.165) is 4.90 Å². The van der Waals surface area contributed by atoms with Crippen LogP contribution in [0.4, 0.5) is 9.18 Å². The monoisotopic (exact) mass is 279 g/mol. The average Bonchev–Trinajstić information content (AvgIpc) is 2.38. The van der Waals surface area contributed by atoms with Crippen molar-refractivity contribution in [3.63, 3.8) is 0 Å². The van der Waals surface area contributed by atoms with Crippen LogP contribution >= 0.6 is 0 Å². The number of carbonyl (C=O) groups is 2. The highest BCUT2D eigenvalue weighted by atomic mass is 19.1. The molecule has 0 bridgehead atoms. The first-order valence-electron chi connectivity index (χ1n) is 6.46. The second-order valence-corrected chi connectivity index (χ2v) is 5.25. The lowest BCUT2D eigenvalue weighted by molar-refractivity contribution is -0.0614. The number of alkyl halides is 1. The molecule has 1 N–H and O–H groups in total. The molecule has 20 heavy (non-hydrogen) atoms. The molecule has 1 aromatic rings. The molecule has 2 atom stereocenters. The van der Waals surface area contributed by atoms with Gasteiger partial charge in [0.2, 0.25) is 0 Å². The van der Waals surface area contributed by atoms with Gasteiger partial charge >= 0.3 is 6.09 Å².